The van der Waals surface area contributed by atoms with Gasteiger partial charge in [0.25, 0.3) is 5.56 Å². The lowest BCUT2D eigenvalue weighted by Gasteiger charge is -2.29. The number of rotatable bonds is 3. The molecule has 4 nitrogen and oxygen atoms in total. The standard InChI is InChI=1S/C22H29N3O/c1-15-8-9-18(16(2)12-15)13-25-11-10-19-20(14-25)23-21(24-22(19)26)17-6-4-3-5-7-17/h8-9,12,17H,3-7,10-11,13-14H2,1-2H3,(H,23,24,26). The minimum absolute atomic E-state index is 0.0988. The summed E-state index contributed by atoms with van der Waals surface area (Å²) in [6, 6.07) is 6.67. The number of benzene rings is 1. The Morgan fingerprint density at radius 3 is 2.77 bits per heavy atom. The molecule has 0 radical (unpaired) electrons. The van der Waals surface area contributed by atoms with E-state index in [1.54, 1.807) is 0 Å². The molecule has 0 spiro atoms. The molecule has 1 aliphatic heterocycles. The van der Waals surface area contributed by atoms with Crippen molar-refractivity contribution < 1.29 is 0 Å². The molecule has 0 amide bonds. The van der Waals surface area contributed by atoms with Crippen molar-refractivity contribution in [3.8, 4) is 0 Å². The first kappa shape index (κ1) is 17.5. The predicted octanol–water partition coefficient (Wildman–Crippen LogP) is 3.99. The normalized spacial score (nSPS) is 18.7. The second-order valence-corrected chi connectivity index (χ2v) is 8.10. The summed E-state index contributed by atoms with van der Waals surface area (Å²) in [5.74, 6) is 1.37. The fraction of sp³-hybridized carbons (Fsp3) is 0.545. The van der Waals surface area contributed by atoms with Gasteiger partial charge >= 0.3 is 0 Å². The fourth-order valence-electron chi connectivity index (χ4n) is 4.48. The van der Waals surface area contributed by atoms with Crippen LogP contribution in [-0.2, 0) is 19.5 Å². The number of aryl methyl sites for hydroxylation is 2. The van der Waals surface area contributed by atoms with Gasteiger partial charge in [0, 0.05) is 31.1 Å². The van der Waals surface area contributed by atoms with Gasteiger partial charge in [-0.1, -0.05) is 43.0 Å². The fourth-order valence-corrected chi connectivity index (χ4v) is 4.48. The smallest absolute Gasteiger partial charge is 0.254 e. The van der Waals surface area contributed by atoms with E-state index in [0.717, 1.165) is 56.0 Å². The van der Waals surface area contributed by atoms with Crippen molar-refractivity contribution >= 4 is 0 Å². The van der Waals surface area contributed by atoms with E-state index < -0.39 is 0 Å². The van der Waals surface area contributed by atoms with E-state index in [0.29, 0.717) is 5.92 Å². The first-order chi connectivity index (χ1) is 12.6. The average Bonchev–Trinajstić information content (AvgIpc) is 2.64. The lowest BCUT2D eigenvalue weighted by molar-refractivity contribution is 0.239. The molecule has 4 heteroatoms. The second kappa shape index (κ2) is 7.36. The predicted molar refractivity (Wildman–Crippen MR) is 104 cm³/mol. The molecule has 4 rings (SSSR count). The number of aromatic amines is 1. The maximum Gasteiger partial charge on any atom is 0.254 e. The average molecular weight is 351 g/mol. The summed E-state index contributed by atoms with van der Waals surface area (Å²) in [7, 11) is 0. The summed E-state index contributed by atoms with van der Waals surface area (Å²) in [4.78, 5) is 23.0. The van der Waals surface area contributed by atoms with Crippen LogP contribution in [0.3, 0.4) is 0 Å². The minimum Gasteiger partial charge on any atom is -0.310 e. The summed E-state index contributed by atoms with van der Waals surface area (Å²) < 4.78 is 0. The van der Waals surface area contributed by atoms with E-state index in [9.17, 15) is 4.79 Å². The molecule has 0 atom stereocenters. The molecule has 2 heterocycles. The zero-order valence-electron chi connectivity index (χ0n) is 16.0. The summed E-state index contributed by atoms with van der Waals surface area (Å²) in [5.41, 5.74) is 6.03. The third-order valence-corrected chi connectivity index (χ3v) is 6.05. The van der Waals surface area contributed by atoms with Crippen LogP contribution in [0, 0.1) is 13.8 Å². The lowest BCUT2D eigenvalue weighted by atomic mass is 9.88. The molecule has 1 aromatic carbocycles. The highest BCUT2D eigenvalue weighted by molar-refractivity contribution is 5.31. The van der Waals surface area contributed by atoms with Gasteiger partial charge in [-0.15, -0.1) is 0 Å². The Labute approximate surface area is 155 Å². The second-order valence-electron chi connectivity index (χ2n) is 8.10. The van der Waals surface area contributed by atoms with Crippen LogP contribution in [0.15, 0.2) is 23.0 Å². The van der Waals surface area contributed by atoms with Gasteiger partial charge in [0.2, 0.25) is 0 Å². The van der Waals surface area contributed by atoms with E-state index in [1.807, 2.05) is 0 Å². The van der Waals surface area contributed by atoms with Crippen LogP contribution in [0.2, 0.25) is 0 Å². The first-order valence-corrected chi connectivity index (χ1v) is 10.0. The number of H-pyrrole nitrogens is 1. The molecule has 1 aliphatic carbocycles. The lowest BCUT2D eigenvalue weighted by Crippen LogP contribution is -2.36. The number of hydrogen-bond acceptors (Lipinski definition) is 3. The number of aromatic nitrogens is 2. The molecule has 1 fully saturated rings. The highest BCUT2D eigenvalue weighted by Crippen LogP contribution is 2.31. The van der Waals surface area contributed by atoms with Gasteiger partial charge in [0.1, 0.15) is 5.82 Å². The SMILES string of the molecule is Cc1ccc(CN2CCc3c(nc(C4CCCCC4)[nH]c3=O)C2)c(C)c1. The van der Waals surface area contributed by atoms with Crippen LogP contribution >= 0.6 is 0 Å². The molecule has 26 heavy (non-hydrogen) atoms. The van der Waals surface area contributed by atoms with Crippen LogP contribution in [0.5, 0.6) is 0 Å². The number of fused-ring (bicyclic) bond motifs is 1. The van der Waals surface area contributed by atoms with E-state index in [4.69, 9.17) is 4.98 Å². The summed E-state index contributed by atoms with van der Waals surface area (Å²) in [6.45, 7) is 6.96. The Kier molecular flexibility index (Phi) is 4.94. The highest BCUT2D eigenvalue weighted by Gasteiger charge is 2.24. The molecule has 1 aromatic heterocycles. The third-order valence-electron chi connectivity index (χ3n) is 6.05. The number of nitrogens with zero attached hydrogens (tertiary/aromatic N) is 2. The van der Waals surface area contributed by atoms with Crippen LogP contribution in [0.4, 0.5) is 0 Å². The molecule has 0 unspecified atom stereocenters. The van der Waals surface area contributed by atoms with Crippen molar-refractivity contribution in [2.75, 3.05) is 6.54 Å². The van der Waals surface area contributed by atoms with Gasteiger partial charge in [-0.2, -0.15) is 0 Å². The van der Waals surface area contributed by atoms with Crippen LogP contribution < -0.4 is 5.56 Å². The van der Waals surface area contributed by atoms with Crippen molar-refractivity contribution in [1.82, 2.24) is 14.9 Å². The van der Waals surface area contributed by atoms with Gasteiger partial charge in [0.15, 0.2) is 0 Å². The molecule has 1 N–H and O–H groups in total. The maximum absolute atomic E-state index is 12.6. The van der Waals surface area contributed by atoms with E-state index in [1.165, 1.54) is 36.0 Å². The molecule has 1 saturated carbocycles. The zero-order chi connectivity index (χ0) is 18.1. The largest absolute Gasteiger partial charge is 0.310 e. The van der Waals surface area contributed by atoms with Crippen LogP contribution in [-0.4, -0.2) is 21.4 Å². The Morgan fingerprint density at radius 2 is 2.00 bits per heavy atom. The molecule has 2 aliphatic rings. The molecule has 138 valence electrons. The molecule has 0 saturated heterocycles. The molecular weight excluding hydrogens is 322 g/mol. The van der Waals surface area contributed by atoms with Crippen molar-refractivity contribution in [2.45, 2.75) is 71.4 Å². The van der Waals surface area contributed by atoms with E-state index >= 15 is 0 Å². The molecule has 2 aromatic rings. The van der Waals surface area contributed by atoms with Crippen LogP contribution in [0.25, 0.3) is 0 Å². The number of nitrogens with one attached hydrogen (secondary N) is 1. The molecular formula is C22H29N3O. The summed E-state index contributed by atoms with van der Waals surface area (Å²) in [6.07, 6.45) is 6.94. The van der Waals surface area contributed by atoms with Gasteiger partial charge in [-0.05, 0) is 44.2 Å². The quantitative estimate of drug-likeness (QED) is 0.909. The zero-order valence-corrected chi connectivity index (χ0v) is 16.0. The van der Waals surface area contributed by atoms with Gasteiger partial charge in [-0.25, -0.2) is 4.98 Å². The van der Waals surface area contributed by atoms with Crippen molar-refractivity contribution in [3.63, 3.8) is 0 Å². The topological polar surface area (TPSA) is 49.0 Å². The molecule has 0 bridgehead atoms. The number of hydrogen-bond donors (Lipinski definition) is 1. The van der Waals surface area contributed by atoms with Gasteiger partial charge < -0.3 is 4.98 Å². The first-order valence-electron chi connectivity index (χ1n) is 10.0. The highest BCUT2D eigenvalue weighted by atomic mass is 16.1. The van der Waals surface area contributed by atoms with Crippen molar-refractivity contribution in [2.24, 2.45) is 0 Å². The van der Waals surface area contributed by atoms with Crippen LogP contribution in [0.1, 0.15) is 71.8 Å². The Hall–Kier alpha value is -1.94. The Bertz CT molecular complexity index is 849. The van der Waals surface area contributed by atoms with Crippen molar-refractivity contribution in [3.05, 3.63) is 62.3 Å². The maximum atomic E-state index is 12.6. The summed E-state index contributed by atoms with van der Waals surface area (Å²) in [5, 5.41) is 0. The van der Waals surface area contributed by atoms with E-state index in [-0.39, 0.29) is 5.56 Å². The van der Waals surface area contributed by atoms with E-state index in [2.05, 4.69) is 41.9 Å². The summed E-state index contributed by atoms with van der Waals surface area (Å²) >= 11 is 0. The van der Waals surface area contributed by atoms with Gasteiger partial charge in [-0.3, -0.25) is 9.69 Å². The third kappa shape index (κ3) is 3.61. The Morgan fingerprint density at radius 1 is 1.19 bits per heavy atom. The minimum atomic E-state index is 0.0988. The van der Waals surface area contributed by atoms with Crippen molar-refractivity contribution in [1.29, 1.82) is 0 Å². The monoisotopic (exact) mass is 351 g/mol. The van der Waals surface area contributed by atoms with Gasteiger partial charge in [0.05, 0.1) is 5.69 Å². The Balaban J connectivity index is 1.55.